The Morgan fingerprint density at radius 3 is 2.07 bits per heavy atom. The molecule has 0 aromatic rings. The van der Waals surface area contributed by atoms with Gasteiger partial charge < -0.3 is 22.3 Å². The average Bonchev–Trinajstić information content (AvgIpc) is 1.96. The fourth-order valence-electron chi connectivity index (χ4n) is 0.702. The van der Waals surface area contributed by atoms with Gasteiger partial charge in [0.2, 0.25) is 5.91 Å². The van der Waals surface area contributed by atoms with Gasteiger partial charge >= 0.3 is 5.97 Å². The number of halogens is 1. The van der Waals surface area contributed by atoms with Crippen molar-refractivity contribution < 1.29 is 14.7 Å². The number of amides is 1. The van der Waals surface area contributed by atoms with Gasteiger partial charge in [0.25, 0.3) is 0 Å². The van der Waals surface area contributed by atoms with E-state index < -0.39 is 17.9 Å². The van der Waals surface area contributed by atoms with Crippen LogP contribution in [-0.2, 0) is 9.59 Å². The molecule has 0 saturated heterocycles. The van der Waals surface area contributed by atoms with Crippen molar-refractivity contribution in [2.24, 2.45) is 22.2 Å². The van der Waals surface area contributed by atoms with Crippen LogP contribution in [0.25, 0.3) is 0 Å². The molecule has 0 aliphatic heterocycles. The van der Waals surface area contributed by atoms with Gasteiger partial charge in [0.15, 0.2) is 12.0 Å². The number of nitrogens with zero attached hydrogens (tertiary/aromatic N) is 1. The Hall–Kier alpha value is -1.50. The largest absolute Gasteiger partial charge is 0.480 e. The fourth-order valence-corrected chi connectivity index (χ4v) is 0.702. The molecule has 0 unspecified atom stereocenters. The molecule has 0 aromatic carbocycles. The maximum absolute atomic E-state index is 10.5. The minimum Gasteiger partial charge on any atom is -0.480 e. The van der Waals surface area contributed by atoms with Gasteiger partial charge in [-0.25, -0.2) is 9.79 Å². The first-order valence-corrected chi connectivity index (χ1v) is 3.53. The molecule has 0 bridgehead atoms. The first-order valence-electron chi connectivity index (χ1n) is 3.53. The van der Waals surface area contributed by atoms with E-state index in [4.69, 9.17) is 22.3 Å². The zero-order chi connectivity index (χ0) is 10.4. The first-order chi connectivity index (χ1) is 5.93. The Morgan fingerprint density at radius 1 is 1.29 bits per heavy atom. The van der Waals surface area contributed by atoms with Gasteiger partial charge in [-0.2, -0.15) is 0 Å². The fraction of sp³-hybridized carbons (Fsp3) is 0.500. The lowest BCUT2D eigenvalue weighted by Crippen LogP contribution is -2.29. The number of carbonyl (C=O) groups is 2. The summed E-state index contributed by atoms with van der Waals surface area (Å²) in [5, 5.41) is 8.56. The molecule has 0 fully saturated rings. The van der Waals surface area contributed by atoms with Gasteiger partial charge in [0, 0.05) is 6.42 Å². The van der Waals surface area contributed by atoms with Crippen molar-refractivity contribution in [3.63, 3.8) is 0 Å². The molecule has 0 aromatic heterocycles. The second kappa shape index (κ2) is 6.96. The van der Waals surface area contributed by atoms with Crippen molar-refractivity contribution in [2.45, 2.75) is 18.9 Å². The number of aliphatic imine (C=N–C) groups is 1. The molecular weight excluding hydrogens is 212 g/mol. The molecule has 82 valence electrons. The zero-order valence-electron chi connectivity index (χ0n) is 7.34. The van der Waals surface area contributed by atoms with Crippen LogP contribution in [0, 0.1) is 0 Å². The number of guanidine groups is 1. The highest BCUT2D eigenvalue weighted by Gasteiger charge is 2.16. The lowest BCUT2D eigenvalue weighted by Gasteiger charge is -2.05. The molecule has 14 heavy (non-hydrogen) atoms. The lowest BCUT2D eigenvalue weighted by atomic mass is 10.1. The summed E-state index contributed by atoms with van der Waals surface area (Å²) < 4.78 is 0. The number of hydrogen-bond acceptors (Lipinski definition) is 3. The smallest absolute Gasteiger partial charge is 0.328 e. The molecule has 7 nitrogen and oxygen atoms in total. The molecule has 1 amide bonds. The van der Waals surface area contributed by atoms with Gasteiger partial charge in [0.1, 0.15) is 0 Å². The molecule has 1 atom stereocenters. The Balaban J connectivity index is 0. The van der Waals surface area contributed by atoms with Crippen molar-refractivity contribution in [3.05, 3.63) is 0 Å². The monoisotopic (exact) mass is 224 g/mol. The summed E-state index contributed by atoms with van der Waals surface area (Å²) in [6.45, 7) is 0. The number of carboxylic acid groups (broad SMARTS) is 1. The van der Waals surface area contributed by atoms with E-state index in [1.807, 2.05) is 0 Å². The van der Waals surface area contributed by atoms with Crippen molar-refractivity contribution in [3.8, 4) is 0 Å². The lowest BCUT2D eigenvalue weighted by molar-refractivity contribution is -0.138. The Labute approximate surface area is 86.7 Å². The van der Waals surface area contributed by atoms with Crippen molar-refractivity contribution >= 4 is 30.2 Å². The molecule has 0 aliphatic carbocycles. The number of rotatable bonds is 5. The first kappa shape index (κ1) is 15.0. The predicted molar refractivity (Wildman–Crippen MR) is 52.9 cm³/mol. The van der Waals surface area contributed by atoms with Crippen LogP contribution in [0.5, 0.6) is 0 Å². The second-order valence-corrected chi connectivity index (χ2v) is 2.41. The molecule has 8 heteroatoms. The second-order valence-electron chi connectivity index (χ2n) is 2.41. The van der Waals surface area contributed by atoms with E-state index in [0.29, 0.717) is 0 Å². The van der Waals surface area contributed by atoms with E-state index in [2.05, 4.69) is 4.99 Å². The number of carboxylic acids is 1. The standard InChI is InChI=1S/C6H12N4O3.ClH/c7-4(11)2-1-3(5(12)13)10-6(8)9;/h3H,1-2H2,(H2,7,11)(H,12,13)(H4,8,9,10);1H/t3-;/m0./s1. The van der Waals surface area contributed by atoms with Crippen LogP contribution < -0.4 is 17.2 Å². The van der Waals surface area contributed by atoms with E-state index in [1.54, 1.807) is 0 Å². The van der Waals surface area contributed by atoms with Crippen molar-refractivity contribution in [1.29, 1.82) is 0 Å². The van der Waals surface area contributed by atoms with Gasteiger partial charge in [-0.05, 0) is 6.42 Å². The highest BCUT2D eigenvalue weighted by molar-refractivity contribution is 5.85. The summed E-state index contributed by atoms with van der Waals surface area (Å²) in [6.07, 6.45) is -0.0592. The quantitative estimate of drug-likeness (QED) is 0.328. The van der Waals surface area contributed by atoms with E-state index in [9.17, 15) is 9.59 Å². The van der Waals surface area contributed by atoms with Crippen LogP contribution in [0.4, 0.5) is 0 Å². The van der Waals surface area contributed by atoms with Crippen LogP contribution in [0.2, 0.25) is 0 Å². The van der Waals surface area contributed by atoms with Crippen LogP contribution in [0.15, 0.2) is 4.99 Å². The molecule has 0 spiro atoms. The normalized spacial score (nSPS) is 10.9. The number of hydrogen-bond donors (Lipinski definition) is 4. The zero-order valence-corrected chi connectivity index (χ0v) is 8.16. The molecule has 0 saturated carbocycles. The molecular formula is C6H13ClN4O3. The molecule has 7 N–H and O–H groups in total. The number of carbonyl (C=O) groups excluding carboxylic acids is 1. The number of primary amides is 1. The summed E-state index contributed by atoms with van der Waals surface area (Å²) in [5.74, 6) is -2.09. The minimum atomic E-state index is -1.19. The average molecular weight is 225 g/mol. The molecule has 0 radical (unpaired) electrons. The van der Waals surface area contributed by atoms with Gasteiger partial charge in [0.05, 0.1) is 0 Å². The third-order valence-corrected chi connectivity index (χ3v) is 1.25. The highest BCUT2D eigenvalue weighted by atomic mass is 35.5. The van der Waals surface area contributed by atoms with E-state index >= 15 is 0 Å². The third-order valence-electron chi connectivity index (χ3n) is 1.25. The topological polar surface area (TPSA) is 145 Å². The molecule has 0 heterocycles. The van der Waals surface area contributed by atoms with Crippen LogP contribution in [-0.4, -0.2) is 29.0 Å². The van der Waals surface area contributed by atoms with Crippen molar-refractivity contribution in [1.82, 2.24) is 0 Å². The maximum atomic E-state index is 10.5. The maximum Gasteiger partial charge on any atom is 0.328 e. The van der Waals surface area contributed by atoms with Crippen LogP contribution in [0.1, 0.15) is 12.8 Å². The molecule has 0 rings (SSSR count). The van der Waals surface area contributed by atoms with E-state index in [-0.39, 0.29) is 31.2 Å². The minimum absolute atomic E-state index is 0. The van der Waals surface area contributed by atoms with Crippen LogP contribution in [0.3, 0.4) is 0 Å². The number of nitrogens with two attached hydrogens (primary N) is 3. The predicted octanol–water partition coefficient (Wildman–Crippen LogP) is -1.60. The summed E-state index contributed by atoms with van der Waals surface area (Å²) in [5.41, 5.74) is 14.8. The van der Waals surface area contributed by atoms with E-state index in [0.717, 1.165) is 0 Å². The highest BCUT2D eigenvalue weighted by Crippen LogP contribution is 2.01. The molecule has 0 aliphatic rings. The van der Waals surface area contributed by atoms with Crippen LogP contribution >= 0.6 is 12.4 Å². The number of aliphatic carboxylic acids is 1. The van der Waals surface area contributed by atoms with Gasteiger partial charge in [-0.3, -0.25) is 4.79 Å². The van der Waals surface area contributed by atoms with Gasteiger partial charge in [-0.15, -0.1) is 12.4 Å². The Kier molecular flexibility index (Phi) is 7.45. The van der Waals surface area contributed by atoms with E-state index in [1.165, 1.54) is 0 Å². The summed E-state index contributed by atoms with van der Waals surface area (Å²) in [7, 11) is 0. The summed E-state index contributed by atoms with van der Waals surface area (Å²) in [4.78, 5) is 24.2. The summed E-state index contributed by atoms with van der Waals surface area (Å²) in [6, 6.07) is -1.10. The summed E-state index contributed by atoms with van der Waals surface area (Å²) >= 11 is 0. The van der Waals surface area contributed by atoms with Gasteiger partial charge in [-0.1, -0.05) is 0 Å². The third kappa shape index (κ3) is 7.17. The van der Waals surface area contributed by atoms with Crippen molar-refractivity contribution in [2.75, 3.05) is 0 Å². The Bertz CT molecular complexity index is 239. The Morgan fingerprint density at radius 2 is 1.79 bits per heavy atom. The SMILES string of the molecule is Cl.NC(=O)CC[C@H](N=C(N)N)C(=O)O.